The molecule has 5 heteroatoms. The van der Waals surface area contributed by atoms with Crippen LogP contribution in [0.5, 0.6) is 5.75 Å². The number of benzene rings is 2. The molecule has 2 aromatic carbocycles. The molecule has 0 fully saturated rings. The predicted octanol–water partition coefficient (Wildman–Crippen LogP) is 2.41. The maximum atomic E-state index is 10.2. The average molecular weight is 354 g/mol. The zero-order chi connectivity index (χ0) is 18.4. The van der Waals surface area contributed by atoms with E-state index < -0.39 is 6.10 Å². The Hall–Kier alpha value is -2.34. The van der Waals surface area contributed by atoms with Gasteiger partial charge >= 0.3 is 0 Å². The molecule has 3 aromatic rings. The molecular formula is C21H26N2O3. The molecule has 0 saturated carbocycles. The summed E-state index contributed by atoms with van der Waals surface area (Å²) in [5.41, 5.74) is 3.28. The number of aryl methyl sites for hydroxylation is 1. The summed E-state index contributed by atoms with van der Waals surface area (Å²) >= 11 is 0. The first-order valence-electron chi connectivity index (χ1n) is 8.93. The van der Waals surface area contributed by atoms with E-state index in [-0.39, 0.29) is 19.3 Å². The Kier molecular flexibility index (Phi) is 6.28. The Morgan fingerprint density at radius 2 is 1.88 bits per heavy atom. The molecule has 0 aliphatic rings. The van der Waals surface area contributed by atoms with Crippen LogP contribution < -0.4 is 10.1 Å². The standard InChI is InChI=1S/C21H26N2O3/c1-15-6-2-5-9-21(15)26-14-18(25)12-22-17(13-24)10-16-11-23-20-8-4-3-7-19(16)20/h2-9,11,17-18,22-25H,10,12-14H2,1H3/t17-,18?/m0/s1. The second kappa shape index (κ2) is 8.85. The van der Waals surface area contributed by atoms with Crippen LogP contribution in [0.1, 0.15) is 11.1 Å². The number of fused-ring (bicyclic) bond motifs is 1. The maximum absolute atomic E-state index is 10.2. The second-order valence-corrected chi connectivity index (χ2v) is 6.58. The molecular weight excluding hydrogens is 328 g/mol. The predicted molar refractivity (Wildman–Crippen MR) is 104 cm³/mol. The highest BCUT2D eigenvalue weighted by molar-refractivity contribution is 5.83. The lowest BCUT2D eigenvalue weighted by Gasteiger charge is -2.19. The summed E-state index contributed by atoms with van der Waals surface area (Å²) in [5.74, 6) is 0.782. The van der Waals surface area contributed by atoms with Crippen molar-refractivity contribution in [2.75, 3.05) is 19.8 Å². The largest absolute Gasteiger partial charge is 0.491 e. The lowest BCUT2D eigenvalue weighted by Crippen LogP contribution is -2.41. The number of hydrogen-bond donors (Lipinski definition) is 4. The minimum absolute atomic E-state index is 0.00484. The van der Waals surface area contributed by atoms with Gasteiger partial charge in [0.15, 0.2) is 0 Å². The molecule has 0 amide bonds. The van der Waals surface area contributed by atoms with Crippen molar-refractivity contribution in [3.8, 4) is 5.75 Å². The van der Waals surface area contributed by atoms with Gasteiger partial charge in [0.25, 0.3) is 0 Å². The number of hydrogen-bond acceptors (Lipinski definition) is 4. The fourth-order valence-corrected chi connectivity index (χ4v) is 3.03. The monoisotopic (exact) mass is 354 g/mol. The van der Waals surface area contributed by atoms with Crippen LogP contribution >= 0.6 is 0 Å². The molecule has 0 aliphatic carbocycles. The SMILES string of the molecule is Cc1ccccc1OCC(O)CN[C@H](CO)Cc1c[nH]c2ccccc12. The van der Waals surface area contributed by atoms with Gasteiger partial charge in [-0.25, -0.2) is 0 Å². The van der Waals surface area contributed by atoms with E-state index in [1.54, 1.807) is 0 Å². The molecule has 1 aromatic heterocycles. The molecule has 0 spiro atoms. The highest BCUT2D eigenvalue weighted by atomic mass is 16.5. The molecule has 4 N–H and O–H groups in total. The minimum atomic E-state index is -0.647. The lowest BCUT2D eigenvalue weighted by molar-refractivity contribution is 0.0994. The molecule has 26 heavy (non-hydrogen) atoms. The number of H-pyrrole nitrogens is 1. The van der Waals surface area contributed by atoms with Gasteiger partial charge in [0, 0.05) is 29.7 Å². The number of ether oxygens (including phenoxy) is 1. The molecule has 1 unspecified atom stereocenters. The van der Waals surface area contributed by atoms with Crippen LogP contribution in [-0.2, 0) is 6.42 Å². The van der Waals surface area contributed by atoms with Crippen molar-refractivity contribution < 1.29 is 14.9 Å². The third-order valence-electron chi connectivity index (χ3n) is 4.53. The van der Waals surface area contributed by atoms with Crippen LogP contribution in [0.4, 0.5) is 0 Å². The number of aromatic nitrogens is 1. The average Bonchev–Trinajstić information content (AvgIpc) is 3.07. The summed E-state index contributed by atoms with van der Waals surface area (Å²) in [5, 5.41) is 24.2. The van der Waals surface area contributed by atoms with Crippen LogP contribution in [0.25, 0.3) is 10.9 Å². The molecule has 0 bridgehead atoms. The number of rotatable bonds is 9. The third kappa shape index (κ3) is 4.64. The van der Waals surface area contributed by atoms with Crippen LogP contribution in [0.15, 0.2) is 54.7 Å². The zero-order valence-electron chi connectivity index (χ0n) is 15.0. The van der Waals surface area contributed by atoms with Crippen molar-refractivity contribution in [1.29, 1.82) is 0 Å². The van der Waals surface area contributed by atoms with E-state index in [4.69, 9.17) is 4.74 Å². The first-order valence-corrected chi connectivity index (χ1v) is 8.93. The van der Waals surface area contributed by atoms with Crippen LogP contribution in [0.2, 0.25) is 0 Å². The molecule has 5 nitrogen and oxygen atoms in total. The molecule has 3 rings (SSSR count). The molecule has 1 heterocycles. The minimum Gasteiger partial charge on any atom is -0.491 e. The summed E-state index contributed by atoms with van der Waals surface area (Å²) in [6, 6.07) is 15.7. The number of aromatic amines is 1. The van der Waals surface area contributed by atoms with Crippen molar-refractivity contribution in [1.82, 2.24) is 10.3 Å². The van der Waals surface area contributed by atoms with Gasteiger partial charge in [-0.1, -0.05) is 36.4 Å². The van der Waals surface area contributed by atoms with Crippen LogP contribution in [0.3, 0.4) is 0 Å². The number of aliphatic hydroxyl groups excluding tert-OH is 2. The number of nitrogens with one attached hydrogen (secondary N) is 2. The van der Waals surface area contributed by atoms with Crippen LogP contribution in [0, 0.1) is 6.92 Å². The van der Waals surface area contributed by atoms with Crippen molar-refractivity contribution in [3.63, 3.8) is 0 Å². The van der Waals surface area contributed by atoms with Crippen molar-refractivity contribution in [2.45, 2.75) is 25.5 Å². The normalized spacial score (nSPS) is 13.7. The molecule has 138 valence electrons. The van der Waals surface area contributed by atoms with E-state index in [0.717, 1.165) is 27.8 Å². The van der Waals surface area contributed by atoms with Crippen molar-refractivity contribution in [2.24, 2.45) is 0 Å². The number of para-hydroxylation sites is 2. The first-order chi connectivity index (χ1) is 12.7. The van der Waals surface area contributed by atoms with Gasteiger partial charge < -0.3 is 25.3 Å². The van der Waals surface area contributed by atoms with E-state index in [2.05, 4.69) is 16.4 Å². The lowest BCUT2D eigenvalue weighted by atomic mass is 10.1. The van der Waals surface area contributed by atoms with Crippen molar-refractivity contribution in [3.05, 3.63) is 65.9 Å². The van der Waals surface area contributed by atoms with E-state index >= 15 is 0 Å². The van der Waals surface area contributed by atoms with Gasteiger partial charge in [0.1, 0.15) is 18.5 Å². The third-order valence-corrected chi connectivity index (χ3v) is 4.53. The maximum Gasteiger partial charge on any atom is 0.122 e. The van der Waals surface area contributed by atoms with Gasteiger partial charge in [-0.2, -0.15) is 0 Å². The molecule has 0 aliphatic heterocycles. The fourth-order valence-electron chi connectivity index (χ4n) is 3.03. The van der Waals surface area contributed by atoms with Crippen molar-refractivity contribution >= 4 is 10.9 Å². The number of aliphatic hydroxyl groups is 2. The Labute approximate surface area is 153 Å². The summed E-state index contributed by atoms with van der Waals surface area (Å²) in [4.78, 5) is 3.25. The smallest absolute Gasteiger partial charge is 0.122 e. The fraction of sp³-hybridized carbons (Fsp3) is 0.333. The highest BCUT2D eigenvalue weighted by Crippen LogP contribution is 2.19. The molecule has 2 atom stereocenters. The van der Waals surface area contributed by atoms with Crippen LogP contribution in [-0.4, -0.2) is 47.1 Å². The van der Waals surface area contributed by atoms with E-state index in [1.165, 1.54) is 0 Å². The molecule has 0 saturated heterocycles. The van der Waals surface area contributed by atoms with Gasteiger partial charge in [-0.05, 0) is 36.6 Å². The van der Waals surface area contributed by atoms with Gasteiger partial charge in [-0.3, -0.25) is 0 Å². The Balaban J connectivity index is 1.49. The summed E-state index contributed by atoms with van der Waals surface area (Å²) < 4.78 is 5.67. The summed E-state index contributed by atoms with van der Waals surface area (Å²) in [6.07, 6.45) is 2.02. The zero-order valence-corrected chi connectivity index (χ0v) is 15.0. The topological polar surface area (TPSA) is 77.5 Å². The van der Waals surface area contributed by atoms with E-state index in [9.17, 15) is 10.2 Å². The molecule has 0 radical (unpaired) electrons. The van der Waals surface area contributed by atoms with Gasteiger partial charge in [-0.15, -0.1) is 0 Å². The quantitative estimate of drug-likeness (QED) is 0.476. The Morgan fingerprint density at radius 1 is 1.12 bits per heavy atom. The summed E-state index contributed by atoms with van der Waals surface area (Å²) in [7, 11) is 0. The first kappa shape index (κ1) is 18.5. The summed E-state index contributed by atoms with van der Waals surface area (Å²) in [6.45, 7) is 2.55. The Morgan fingerprint density at radius 3 is 2.69 bits per heavy atom. The van der Waals surface area contributed by atoms with E-state index in [1.807, 2.05) is 55.6 Å². The van der Waals surface area contributed by atoms with Gasteiger partial charge in [0.2, 0.25) is 0 Å². The second-order valence-electron chi connectivity index (χ2n) is 6.58. The Bertz CT molecular complexity index is 831. The van der Waals surface area contributed by atoms with E-state index in [0.29, 0.717) is 13.0 Å². The van der Waals surface area contributed by atoms with Gasteiger partial charge in [0.05, 0.1) is 6.61 Å². The highest BCUT2D eigenvalue weighted by Gasteiger charge is 2.14.